The molecule has 0 spiro atoms. The maximum Gasteiger partial charge on any atom is 0.244 e. The van der Waals surface area contributed by atoms with Crippen LogP contribution >= 0.6 is 0 Å². The first kappa shape index (κ1) is 9.77. The van der Waals surface area contributed by atoms with E-state index in [1.807, 2.05) is 6.92 Å². The second-order valence-corrected chi connectivity index (χ2v) is 2.21. The van der Waals surface area contributed by atoms with Crippen molar-refractivity contribution in [3.05, 3.63) is 12.2 Å². The van der Waals surface area contributed by atoms with Gasteiger partial charge in [0.05, 0.1) is 6.04 Å². The molecular formula is C9H13NO. The van der Waals surface area contributed by atoms with Gasteiger partial charge in [0, 0.05) is 0 Å². The van der Waals surface area contributed by atoms with E-state index in [0.717, 1.165) is 6.42 Å². The molecule has 0 bridgehead atoms. The van der Waals surface area contributed by atoms with E-state index in [4.69, 9.17) is 6.42 Å². The number of nitrogens with one attached hydrogen (secondary N) is 1. The maximum atomic E-state index is 10.9. The number of terminal acetylenes is 1. The van der Waals surface area contributed by atoms with E-state index >= 15 is 0 Å². The number of hydrogen-bond donors (Lipinski definition) is 1. The number of carbonyl (C=O) groups is 1. The van der Waals surface area contributed by atoms with Crippen molar-refractivity contribution in [2.24, 2.45) is 0 Å². The maximum absolute atomic E-state index is 10.9. The second-order valence-electron chi connectivity index (χ2n) is 2.21. The number of carbonyl (C=O) groups excluding carboxylic acids is 1. The molecule has 0 aliphatic carbocycles. The van der Waals surface area contributed by atoms with Crippen LogP contribution in [-0.4, -0.2) is 11.9 Å². The molecule has 0 rings (SSSR count). The van der Waals surface area contributed by atoms with Crippen LogP contribution in [0.4, 0.5) is 0 Å². The average Bonchev–Trinajstić information content (AvgIpc) is 2.00. The fraction of sp³-hybridized carbons (Fsp3) is 0.444. The van der Waals surface area contributed by atoms with E-state index in [9.17, 15) is 4.79 Å². The van der Waals surface area contributed by atoms with Crippen LogP contribution in [0.5, 0.6) is 0 Å². The Morgan fingerprint density at radius 2 is 2.45 bits per heavy atom. The fourth-order valence-corrected chi connectivity index (χ4v) is 0.528. The molecule has 11 heavy (non-hydrogen) atoms. The molecule has 1 unspecified atom stereocenters. The Hall–Kier alpha value is -1.23. The minimum Gasteiger partial charge on any atom is -0.339 e. The average molecular weight is 151 g/mol. The fourth-order valence-electron chi connectivity index (χ4n) is 0.528. The zero-order valence-electron chi connectivity index (χ0n) is 6.92. The van der Waals surface area contributed by atoms with Crippen LogP contribution in [0.3, 0.4) is 0 Å². The molecule has 0 saturated heterocycles. The quantitative estimate of drug-likeness (QED) is 0.475. The Bertz CT molecular complexity index is 188. The van der Waals surface area contributed by atoms with Crippen molar-refractivity contribution in [2.45, 2.75) is 26.3 Å². The number of rotatable bonds is 3. The summed E-state index contributed by atoms with van der Waals surface area (Å²) in [5.41, 5.74) is 0. The van der Waals surface area contributed by atoms with Crippen LogP contribution in [0, 0.1) is 12.3 Å². The molecule has 0 aliphatic heterocycles. The summed E-state index contributed by atoms with van der Waals surface area (Å²) < 4.78 is 0. The summed E-state index contributed by atoms with van der Waals surface area (Å²) in [7, 11) is 0. The SMILES string of the molecule is C#CC(C)NC(=O)/C=C/CC. The van der Waals surface area contributed by atoms with E-state index in [-0.39, 0.29) is 11.9 Å². The molecule has 1 amide bonds. The van der Waals surface area contributed by atoms with Crippen molar-refractivity contribution in [2.75, 3.05) is 0 Å². The first-order valence-electron chi connectivity index (χ1n) is 3.63. The molecule has 1 N–H and O–H groups in total. The lowest BCUT2D eigenvalue weighted by atomic mass is 10.3. The van der Waals surface area contributed by atoms with Crippen molar-refractivity contribution in [1.29, 1.82) is 0 Å². The van der Waals surface area contributed by atoms with Gasteiger partial charge in [-0.2, -0.15) is 0 Å². The Labute approximate surface area is 67.7 Å². The largest absolute Gasteiger partial charge is 0.339 e. The summed E-state index contributed by atoms with van der Waals surface area (Å²) in [4.78, 5) is 10.9. The highest BCUT2D eigenvalue weighted by Crippen LogP contribution is 1.82. The van der Waals surface area contributed by atoms with Gasteiger partial charge in [-0.05, 0) is 19.4 Å². The van der Waals surface area contributed by atoms with E-state index in [2.05, 4.69) is 11.2 Å². The lowest BCUT2D eigenvalue weighted by Crippen LogP contribution is -2.29. The van der Waals surface area contributed by atoms with E-state index in [1.54, 1.807) is 13.0 Å². The van der Waals surface area contributed by atoms with Gasteiger partial charge in [0.1, 0.15) is 0 Å². The molecule has 60 valence electrons. The minimum atomic E-state index is -0.191. The smallest absolute Gasteiger partial charge is 0.244 e. The third-order valence-electron chi connectivity index (χ3n) is 1.11. The number of hydrogen-bond acceptors (Lipinski definition) is 1. The third-order valence-corrected chi connectivity index (χ3v) is 1.11. The molecule has 0 radical (unpaired) electrons. The van der Waals surface area contributed by atoms with Crippen LogP contribution in [-0.2, 0) is 4.79 Å². The van der Waals surface area contributed by atoms with Gasteiger partial charge in [-0.3, -0.25) is 4.79 Å². The molecular weight excluding hydrogens is 138 g/mol. The van der Waals surface area contributed by atoms with Gasteiger partial charge < -0.3 is 5.32 Å². The first-order chi connectivity index (χ1) is 5.20. The van der Waals surface area contributed by atoms with Gasteiger partial charge in [0.15, 0.2) is 0 Å². The van der Waals surface area contributed by atoms with Gasteiger partial charge in [-0.25, -0.2) is 0 Å². The molecule has 1 atom stereocenters. The van der Waals surface area contributed by atoms with Crippen molar-refractivity contribution >= 4 is 5.91 Å². The highest BCUT2D eigenvalue weighted by Gasteiger charge is 1.97. The second kappa shape index (κ2) is 5.55. The van der Waals surface area contributed by atoms with Crippen LogP contribution < -0.4 is 5.32 Å². The lowest BCUT2D eigenvalue weighted by Gasteiger charge is -2.02. The Kier molecular flexibility index (Phi) is 4.93. The van der Waals surface area contributed by atoms with Crippen LogP contribution in [0.25, 0.3) is 0 Å². The highest BCUT2D eigenvalue weighted by atomic mass is 16.1. The molecule has 0 fully saturated rings. The highest BCUT2D eigenvalue weighted by molar-refractivity contribution is 5.87. The summed E-state index contributed by atoms with van der Waals surface area (Å²) in [6, 6.07) is -0.191. The van der Waals surface area contributed by atoms with Crippen molar-refractivity contribution in [3.8, 4) is 12.3 Å². The summed E-state index contributed by atoms with van der Waals surface area (Å²) in [5.74, 6) is 2.28. The van der Waals surface area contributed by atoms with Crippen LogP contribution in [0.1, 0.15) is 20.3 Å². The van der Waals surface area contributed by atoms with Crippen molar-refractivity contribution < 1.29 is 4.79 Å². The molecule has 0 heterocycles. The van der Waals surface area contributed by atoms with Gasteiger partial charge in [-0.1, -0.05) is 18.9 Å². The zero-order valence-corrected chi connectivity index (χ0v) is 6.92. The number of allylic oxidation sites excluding steroid dienone is 1. The van der Waals surface area contributed by atoms with E-state index < -0.39 is 0 Å². The molecule has 0 aromatic heterocycles. The predicted molar refractivity (Wildman–Crippen MR) is 45.9 cm³/mol. The van der Waals surface area contributed by atoms with Gasteiger partial charge in [0.25, 0.3) is 0 Å². The van der Waals surface area contributed by atoms with Gasteiger partial charge >= 0.3 is 0 Å². The lowest BCUT2D eigenvalue weighted by molar-refractivity contribution is -0.116. The predicted octanol–water partition coefficient (Wildman–Crippen LogP) is 1.09. The summed E-state index contributed by atoms with van der Waals surface area (Å²) >= 11 is 0. The van der Waals surface area contributed by atoms with Crippen LogP contribution in [0.2, 0.25) is 0 Å². The Morgan fingerprint density at radius 3 is 2.91 bits per heavy atom. The molecule has 0 aromatic rings. The zero-order chi connectivity index (χ0) is 8.69. The minimum absolute atomic E-state index is 0.127. The van der Waals surface area contributed by atoms with Crippen molar-refractivity contribution in [1.82, 2.24) is 5.32 Å². The molecule has 0 aromatic carbocycles. The summed E-state index contributed by atoms with van der Waals surface area (Å²) in [5, 5.41) is 2.60. The van der Waals surface area contributed by atoms with E-state index in [1.165, 1.54) is 6.08 Å². The topological polar surface area (TPSA) is 29.1 Å². The molecule has 2 heteroatoms. The van der Waals surface area contributed by atoms with Crippen LogP contribution in [0.15, 0.2) is 12.2 Å². The number of amides is 1. The Balaban J connectivity index is 3.71. The Morgan fingerprint density at radius 1 is 1.82 bits per heavy atom. The first-order valence-corrected chi connectivity index (χ1v) is 3.63. The monoisotopic (exact) mass is 151 g/mol. The summed E-state index contributed by atoms with van der Waals surface area (Å²) in [6.07, 6.45) is 9.20. The van der Waals surface area contributed by atoms with E-state index in [0.29, 0.717) is 0 Å². The molecule has 0 aliphatic rings. The third kappa shape index (κ3) is 5.23. The van der Waals surface area contributed by atoms with Gasteiger partial charge in [-0.15, -0.1) is 6.42 Å². The normalized spacial score (nSPS) is 12.5. The summed E-state index contributed by atoms with van der Waals surface area (Å²) in [6.45, 7) is 3.73. The standard InChI is InChI=1S/C9H13NO/c1-4-6-7-9(11)10-8(3)5-2/h2,6-8H,4H2,1,3H3,(H,10,11)/b7-6+. The molecule has 0 saturated carbocycles. The molecule has 2 nitrogen and oxygen atoms in total. The van der Waals surface area contributed by atoms with Crippen molar-refractivity contribution in [3.63, 3.8) is 0 Å². The van der Waals surface area contributed by atoms with Gasteiger partial charge in [0.2, 0.25) is 5.91 Å².